The summed E-state index contributed by atoms with van der Waals surface area (Å²) in [6.07, 6.45) is 0. The van der Waals surface area contributed by atoms with Gasteiger partial charge in [0.1, 0.15) is 0 Å². The fourth-order valence-electron chi connectivity index (χ4n) is 2.50. The molecule has 4 rings (SSSR count). The fraction of sp³-hybridized carbons (Fsp3) is 0.194. The van der Waals surface area contributed by atoms with Gasteiger partial charge in [0.05, 0.1) is 5.97 Å². The van der Waals surface area contributed by atoms with Crippen LogP contribution in [0.1, 0.15) is 43.7 Å². The molecule has 0 spiro atoms. The first-order chi connectivity index (χ1) is 15.7. The third-order valence-corrected chi connectivity index (χ3v) is 4.66. The molecule has 2 nitrogen and oxygen atoms in total. The first kappa shape index (κ1) is 27.4. The molecule has 0 saturated carbocycles. The molecule has 0 heterocycles. The van der Waals surface area contributed by atoms with Crippen molar-refractivity contribution in [1.29, 1.82) is 0 Å². The summed E-state index contributed by atoms with van der Waals surface area (Å²) < 4.78 is 0. The number of hydrogen-bond donors (Lipinski definition) is 0. The number of hydrogen-bond acceptors (Lipinski definition) is 2. The second-order valence-electron chi connectivity index (χ2n) is 8.12. The summed E-state index contributed by atoms with van der Waals surface area (Å²) in [6, 6.07) is 33.8. The van der Waals surface area contributed by atoms with Gasteiger partial charge in [0.25, 0.3) is 0 Å². The summed E-state index contributed by atoms with van der Waals surface area (Å²) in [7, 11) is 0. The van der Waals surface area contributed by atoms with E-state index in [9.17, 15) is 9.90 Å². The van der Waals surface area contributed by atoms with E-state index in [4.69, 9.17) is 0 Å². The molecule has 0 amide bonds. The summed E-state index contributed by atoms with van der Waals surface area (Å²) in [5.41, 5.74) is 7.91. The number of carbonyl (C=O) groups is 1. The van der Waals surface area contributed by atoms with Crippen molar-refractivity contribution < 1.29 is 9.90 Å². The first-order valence-electron chi connectivity index (χ1n) is 11.0. The molecule has 0 aromatic heterocycles. The maximum absolute atomic E-state index is 10.2. The Morgan fingerprint density at radius 1 is 0.424 bits per heavy atom. The van der Waals surface area contributed by atoms with Gasteiger partial charge < -0.3 is 9.90 Å². The van der Waals surface area contributed by atoms with Crippen LogP contribution in [0.15, 0.2) is 103 Å². The van der Waals surface area contributed by atoms with Crippen LogP contribution >= 0.6 is 0 Å². The van der Waals surface area contributed by atoms with Crippen molar-refractivity contribution in [3.05, 3.63) is 142 Å². The van der Waals surface area contributed by atoms with Crippen molar-refractivity contribution in [2.45, 2.75) is 41.5 Å². The molecule has 0 aliphatic rings. The summed E-state index contributed by atoms with van der Waals surface area (Å²) in [5, 5.41) is 10.2. The highest BCUT2D eigenvalue weighted by Gasteiger charge is 1.89. The summed E-state index contributed by atoms with van der Waals surface area (Å²) in [6.45, 7) is 12.4. The Morgan fingerprint density at radius 2 is 0.667 bits per heavy atom. The number of aromatic carboxylic acids is 1. The standard InChI is InChI=1S/C8H8O2.2C8H10.C7H8/c1-6-2-4-7(5-3-6)8(9)10;2*1-7-3-5-8(2)6-4-7;1-7-5-3-2-4-6-7/h2-5H,1H3,(H,9,10);2*3-6H,1-2H3;2-6H,1H3/p-1. The molecule has 4 aromatic rings. The Kier molecular flexibility index (Phi) is 12.6. The Balaban J connectivity index is 0.000000222. The third kappa shape index (κ3) is 13.4. The van der Waals surface area contributed by atoms with Crippen LogP contribution in [0, 0.1) is 41.5 Å². The first-order valence-corrected chi connectivity index (χ1v) is 11.0. The van der Waals surface area contributed by atoms with E-state index in [1.165, 1.54) is 39.9 Å². The number of benzene rings is 4. The fourth-order valence-corrected chi connectivity index (χ4v) is 2.50. The lowest BCUT2D eigenvalue weighted by atomic mass is 10.2. The highest BCUT2D eigenvalue weighted by Crippen LogP contribution is 2.01. The van der Waals surface area contributed by atoms with Gasteiger partial charge in [-0.2, -0.15) is 0 Å². The Labute approximate surface area is 199 Å². The SMILES string of the molecule is Cc1ccc(C(=O)[O-])cc1.Cc1ccc(C)cc1.Cc1ccc(C)cc1.Cc1ccccc1. The number of aryl methyl sites for hydroxylation is 6. The Bertz CT molecular complexity index is 961. The van der Waals surface area contributed by atoms with Gasteiger partial charge in [0, 0.05) is 0 Å². The quantitative estimate of drug-likeness (QED) is 0.322. The molecule has 0 unspecified atom stereocenters. The van der Waals surface area contributed by atoms with Gasteiger partial charge in [-0.25, -0.2) is 0 Å². The predicted molar refractivity (Wildman–Crippen MR) is 139 cm³/mol. The van der Waals surface area contributed by atoms with Gasteiger partial charge in [0.15, 0.2) is 0 Å². The van der Waals surface area contributed by atoms with E-state index >= 15 is 0 Å². The average molecular weight is 440 g/mol. The number of carboxylic acids is 1. The molecule has 0 N–H and O–H groups in total. The van der Waals surface area contributed by atoms with Gasteiger partial charge in [-0.3, -0.25) is 0 Å². The lowest BCUT2D eigenvalue weighted by Gasteiger charge is -2.00. The van der Waals surface area contributed by atoms with Crippen LogP contribution in [0.2, 0.25) is 0 Å². The molecule has 4 aromatic carbocycles. The smallest absolute Gasteiger partial charge is 0.0715 e. The number of carboxylic acid groups (broad SMARTS) is 1. The molecule has 0 atom stereocenters. The van der Waals surface area contributed by atoms with Crippen LogP contribution < -0.4 is 5.11 Å². The van der Waals surface area contributed by atoms with Crippen LogP contribution in [-0.4, -0.2) is 5.97 Å². The molecule has 0 fully saturated rings. The van der Waals surface area contributed by atoms with Crippen molar-refractivity contribution in [3.63, 3.8) is 0 Å². The van der Waals surface area contributed by atoms with E-state index in [1.807, 2.05) is 25.1 Å². The average Bonchev–Trinajstić information content (AvgIpc) is 2.80. The van der Waals surface area contributed by atoms with Crippen molar-refractivity contribution in [1.82, 2.24) is 0 Å². The Hall–Kier alpha value is -3.65. The van der Waals surface area contributed by atoms with Crippen molar-refractivity contribution >= 4 is 5.97 Å². The van der Waals surface area contributed by atoms with Gasteiger partial charge >= 0.3 is 0 Å². The zero-order valence-electron chi connectivity index (χ0n) is 20.6. The molecule has 172 valence electrons. The lowest BCUT2D eigenvalue weighted by Crippen LogP contribution is -2.21. The molecular weight excluding hydrogens is 404 g/mol. The van der Waals surface area contributed by atoms with Gasteiger partial charge in [0.2, 0.25) is 0 Å². The lowest BCUT2D eigenvalue weighted by molar-refractivity contribution is -0.255. The van der Waals surface area contributed by atoms with Gasteiger partial charge in [-0.1, -0.05) is 137 Å². The van der Waals surface area contributed by atoms with E-state index in [0.29, 0.717) is 0 Å². The normalized spacial score (nSPS) is 9.15. The topological polar surface area (TPSA) is 40.1 Å². The van der Waals surface area contributed by atoms with Gasteiger partial charge in [-0.15, -0.1) is 0 Å². The van der Waals surface area contributed by atoms with Crippen LogP contribution in [0.3, 0.4) is 0 Å². The van der Waals surface area contributed by atoms with Crippen LogP contribution in [0.25, 0.3) is 0 Å². The minimum atomic E-state index is -1.12. The molecule has 0 aliphatic carbocycles. The second kappa shape index (κ2) is 15.2. The van der Waals surface area contributed by atoms with E-state index in [-0.39, 0.29) is 5.56 Å². The summed E-state index contributed by atoms with van der Waals surface area (Å²) in [4.78, 5) is 10.2. The highest BCUT2D eigenvalue weighted by atomic mass is 16.4. The van der Waals surface area contributed by atoms with E-state index in [0.717, 1.165) is 5.56 Å². The monoisotopic (exact) mass is 439 g/mol. The highest BCUT2D eigenvalue weighted by molar-refractivity contribution is 5.85. The number of carbonyl (C=O) groups excluding carboxylic acids is 1. The third-order valence-electron chi connectivity index (χ3n) is 4.66. The molecule has 2 heteroatoms. The molecule has 0 saturated heterocycles. The maximum Gasteiger partial charge on any atom is 0.0715 e. The predicted octanol–water partition coefficient (Wildman–Crippen LogP) is 6.96. The molecule has 0 radical (unpaired) electrons. The zero-order valence-corrected chi connectivity index (χ0v) is 20.6. The van der Waals surface area contributed by atoms with Crippen LogP contribution in [0.4, 0.5) is 0 Å². The van der Waals surface area contributed by atoms with Gasteiger partial charge in [-0.05, 0) is 47.1 Å². The van der Waals surface area contributed by atoms with E-state index < -0.39 is 5.97 Å². The van der Waals surface area contributed by atoms with E-state index in [2.05, 4.69) is 95.3 Å². The van der Waals surface area contributed by atoms with Crippen molar-refractivity contribution in [2.75, 3.05) is 0 Å². The Morgan fingerprint density at radius 3 is 0.879 bits per heavy atom. The summed E-state index contributed by atoms with van der Waals surface area (Å²) in [5.74, 6) is -1.12. The molecule has 33 heavy (non-hydrogen) atoms. The largest absolute Gasteiger partial charge is 0.545 e. The second-order valence-corrected chi connectivity index (χ2v) is 8.12. The minimum Gasteiger partial charge on any atom is -0.545 e. The maximum atomic E-state index is 10.2. The van der Waals surface area contributed by atoms with E-state index in [1.54, 1.807) is 12.1 Å². The number of rotatable bonds is 1. The van der Waals surface area contributed by atoms with Crippen molar-refractivity contribution in [3.8, 4) is 0 Å². The summed E-state index contributed by atoms with van der Waals surface area (Å²) >= 11 is 0. The molecule has 0 bridgehead atoms. The molecular formula is C31H35O2-. The van der Waals surface area contributed by atoms with Crippen molar-refractivity contribution in [2.24, 2.45) is 0 Å². The van der Waals surface area contributed by atoms with Crippen LogP contribution in [-0.2, 0) is 0 Å². The molecule has 0 aliphatic heterocycles. The van der Waals surface area contributed by atoms with Crippen LogP contribution in [0.5, 0.6) is 0 Å². The zero-order chi connectivity index (χ0) is 24.6. The minimum absolute atomic E-state index is 0.227.